The Balaban J connectivity index is 1.88. The van der Waals surface area contributed by atoms with Crippen molar-refractivity contribution in [2.75, 3.05) is 20.2 Å². The van der Waals surface area contributed by atoms with E-state index < -0.39 is 16.0 Å². The first-order valence-corrected chi connectivity index (χ1v) is 9.51. The van der Waals surface area contributed by atoms with Gasteiger partial charge in [0.2, 0.25) is 10.0 Å². The van der Waals surface area contributed by atoms with Gasteiger partial charge >= 0.3 is 5.97 Å². The SMILES string of the molecule is COC(=O)c1sccc1S(=O)(=O)N1CCC[C@H](c2ccn[nH]2)C1. The highest BCUT2D eigenvalue weighted by atomic mass is 32.2. The number of rotatable bonds is 4. The van der Waals surface area contributed by atoms with E-state index in [-0.39, 0.29) is 15.7 Å². The maximum Gasteiger partial charge on any atom is 0.349 e. The summed E-state index contributed by atoms with van der Waals surface area (Å²) in [5.74, 6) is -0.540. The Bertz CT molecular complexity index is 783. The third-order valence-electron chi connectivity index (χ3n) is 3.96. The molecule has 0 bridgehead atoms. The number of nitrogens with one attached hydrogen (secondary N) is 1. The summed E-state index contributed by atoms with van der Waals surface area (Å²) in [6.07, 6.45) is 3.33. The first-order valence-electron chi connectivity index (χ1n) is 7.19. The molecule has 2 aromatic heterocycles. The van der Waals surface area contributed by atoms with Crippen LogP contribution in [0.5, 0.6) is 0 Å². The van der Waals surface area contributed by atoms with Crippen molar-refractivity contribution in [3.63, 3.8) is 0 Å². The van der Waals surface area contributed by atoms with E-state index in [1.54, 1.807) is 11.6 Å². The van der Waals surface area contributed by atoms with E-state index in [4.69, 9.17) is 0 Å². The van der Waals surface area contributed by atoms with Gasteiger partial charge in [-0.05, 0) is 30.4 Å². The minimum Gasteiger partial charge on any atom is -0.465 e. The third-order valence-corrected chi connectivity index (χ3v) is 6.90. The average molecular weight is 355 g/mol. The number of methoxy groups -OCH3 is 1. The third kappa shape index (κ3) is 3.04. The molecule has 0 spiro atoms. The highest BCUT2D eigenvalue weighted by molar-refractivity contribution is 7.89. The molecule has 1 aliphatic heterocycles. The number of ether oxygens (including phenoxy) is 1. The smallest absolute Gasteiger partial charge is 0.349 e. The fourth-order valence-corrected chi connectivity index (χ4v) is 5.62. The molecular formula is C14H17N3O4S2. The van der Waals surface area contributed by atoms with E-state index in [0.717, 1.165) is 29.9 Å². The van der Waals surface area contributed by atoms with Crippen LogP contribution in [0.4, 0.5) is 0 Å². The zero-order valence-corrected chi connectivity index (χ0v) is 14.2. The second-order valence-corrected chi connectivity index (χ2v) is 8.14. The topological polar surface area (TPSA) is 92.4 Å². The predicted octanol–water partition coefficient (Wildman–Crippen LogP) is 1.83. The lowest BCUT2D eigenvalue weighted by molar-refractivity contribution is 0.0602. The van der Waals surface area contributed by atoms with Gasteiger partial charge in [0, 0.05) is 30.9 Å². The van der Waals surface area contributed by atoms with Crippen LogP contribution in [-0.4, -0.2) is 49.1 Å². The monoisotopic (exact) mass is 355 g/mol. The summed E-state index contributed by atoms with van der Waals surface area (Å²) in [5, 5.41) is 8.43. The number of hydrogen-bond donors (Lipinski definition) is 1. The zero-order chi connectivity index (χ0) is 16.4. The van der Waals surface area contributed by atoms with Crippen LogP contribution in [0.2, 0.25) is 0 Å². The Hall–Kier alpha value is -1.71. The minimum atomic E-state index is -3.72. The highest BCUT2D eigenvalue weighted by Gasteiger charge is 2.34. The summed E-state index contributed by atoms with van der Waals surface area (Å²) < 4.78 is 31.9. The van der Waals surface area contributed by atoms with Gasteiger partial charge in [0.15, 0.2) is 0 Å². The van der Waals surface area contributed by atoms with E-state index in [9.17, 15) is 13.2 Å². The van der Waals surface area contributed by atoms with Crippen LogP contribution in [0.1, 0.15) is 34.1 Å². The van der Waals surface area contributed by atoms with Crippen molar-refractivity contribution in [2.45, 2.75) is 23.7 Å². The lowest BCUT2D eigenvalue weighted by atomic mass is 9.96. The van der Waals surface area contributed by atoms with Gasteiger partial charge in [-0.2, -0.15) is 9.40 Å². The standard InChI is InChI=1S/C14H17N3O4S2/c1-21-14(18)13-12(5-8-22-13)23(19,20)17-7-2-3-10(9-17)11-4-6-15-16-11/h4-6,8,10H,2-3,7,9H2,1H3,(H,15,16)/t10-/m0/s1. The number of aromatic nitrogens is 2. The molecule has 0 aliphatic carbocycles. The van der Waals surface area contributed by atoms with Crippen molar-refractivity contribution in [3.05, 3.63) is 34.3 Å². The number of esters is 1. The Labute approximate surface area is 138 Å². The summed E-state index contributed by atoms with van der Waals surface area (Å²) in [6, 6.07) is 3.33. The van der Waals surface area contributed by atoms with Crippen LogP contribution >= 0.6 is 11.3 Å². The van der Waals surface area contributed by atoms with Gasteiger partial charge < -0.3 is 4.74 Å². The molecule has 0 unspecified atom stereocenters. The van der Waals surface area contributed by atoms with E-state index in [1.807, 2.05) is 6.07 Å². The van der Waals surface area contributed by atoms with Crippen LogP contribution in [-0.2, 0) is 14.8 Å². The minimum absolute atomic E-state index is 0.0274. The lowest BCUT2D eigenvalue weighted by Gasteiger charge is -2.31. The fourth-order valence-electron chi connectivity index (χ4n) is 2.79. The van der Waals surface area contributed by atoms with Crippen LogP contribution in [0, 0.1) is 0 Å². The molecule has 124 valence electrons. The highest BCUT2D eigenvalue weighted by Crippen LogP contribution is 2.32. The van der Waals surface area contributed by atoms with Gasteiger partial charge in [-0.1, -0.05) is 0 Å². The number of H-pyrrole nitrogens is 1. The number of thiophene rings is 1. The molecule has 7 nitrogen and oxygen atoms in total. The number of carbonyl (C=O) groups excluding carboxylic acids is 1. The molecule has 3 rings (SSSR count). The molecule has 2 aromatic rings. The van der Waals surface area contributed by atoms with E-state index in [0.29, 0.717) is 13.1 Å². The molecule has 1 fully saturated rings. The van der Waals surface area contributed by atoms with Gasteiger partial charge in [0.05, 0.1) is 7.11 Å². The number of nitrogens with zero attached hydrogens (tertiary/aromatic N) is 2. The molecule has 1 N–H and O–H groups in total. The molecule has 1 saturated heterocycles. The van der Waals surface area contributed by atoms with Gasteiger partial charge in [-0.15, -0.1) is 11.3 Å². The molecule has 23 heavy (non-hydrogen) atoms. The fraction of sp³-hybridized carbons (Fsp3) is 0.429. The maximum atomic E-state index is 12.9. The predicted molar refractivity (Wildman–Crippen MR) is 85.0 cm³/mol. The first kappa shape index (κ1) is 16.2. The van der Waals surface area contributed by atoms with Crippen molar-refractivity contribution in [3.8, 4) is 0 Å². The molecule has 0 amide bonds. The lowest BCUT2D eigenvalue weighted by Crippen LogP contribution is -2.39. The molecule has 3 heterocycles. The van der Waals surface area contributed by atoms with Crippen LogP contribution < -0.4 is 0 Å². The Morgan fingerprint density at radius 3 is 3.00 bits per heavy atom. The Morgan fingerprint density at radius 2 is 2.30 bits per heavy atom. The number of aromatic amines is 1. The van der Waals surface area contributed by atoms with Gasteiger partial charge in [0.25, 0.3) is 0 Å². The zero-order valence-electron chi connectivity index (χ0n) is 12.6. The summed E-state index contributed by atoms with van der Waals surface area (Å²) in [4.78, 5) is 11.9. The molecule has 0 radical (unpaired) electrons. The van der Waals surface area contributed by atoms with Crippen molar-refractivity contribution >= 4 is 27.3 Å². The summed E-state index contributed by atoms with van der Waals surface area (Å²) >= 11 is 1.08. The summed E-state index contributed by atoms with van der Waals surface area (Å²) in [7, 11) is -2.48. The molecular weight excluding hydrogens is 338 g/mol. The Morgan fingerprint density at radius 1 is 1.48 bits per heavy atom. The van der Waals surface area contributed by atoms with Crippen LogP contribution in [0.3, 0.4) is 0 Å². The van der Waals surface area contributed by atoms with Crippen molar-refractivity contribution in [1.82, 2.24) is 14.5 Å². The van der Waals surface area contributed by atoms with E-state index in [1.165, 1.54) is 17.5 Å². The molecule has 0 aromatic carbocycles. The number of hydrogen-bond acceptors (Lipinski definition) is 6. The van der Waals surface area contributed by atoms with Crippen molar-refractivity contribution in [1.29, 1.82) is 0 Å². The van der Waals surface area contributed by atoms with Crippen LogP contribution in [0.15, 0.2) is 28.6 Å². The molecule has 9 heteroatoms. The van der Waals surface area contributed by atoms with Gasteiger partial charge in [0.1, 0.15) is 9.77 Å². The molecule has 1 atom stereocenters. The normalized spacial score (nSPS) is 19.6. The molecule has 1 aliphatic rings. The first-order chi connectivity index (χ1) is 11.0. The second kappa shape index (κ2) is 6.42. The summed E-state index contributed by atoms with van der Waals surface area (Å²) in [6.45, 7) is 0.824. The van der Waals surface area contributed by atoms with E-state index in [2.05, 4.69) is 14.9 Å². The average Bonchev–Trinajstić information content (AvgIpc) is 3.25. The quantitative estimate of drug-likeness (QED) is 0.845. The summed E-state index contributed by atoms with van der Waals surface area (Å²) in [5.41, 5.74) is 0.934. The van der Waals surface area contributed by atoms with Gasteiger partial charge in [-0.25, -0.2) is 13.2 Å². The number of carbonyl (C=O) groups is 1. The van der Waals surface area contributed by atoms with Gasteiger partial charge in [-0.3, -0.25) is 5.10 Å². The number of piperidine rings is 1. The number of sulfonamides is 1. The van der Waals surface area contributed by atoms with Crippen molar-refractivity contribution in [2.24, 2.45) is 0 Å². The van der Waals surface area contributed by atoms with E-state index >= 15 is 0 Å². The second-order valence-electron chi connectivity index (χ2n) is 5.32. The largest absolute Gasteiger partial charge is 0.465 e. The maximum absolute atomic E-state index is 12.9. The van der Waals surface area contributed by atoms with Crippen LogP contribution in [0.25, 0.3) is 0 Å². The Kier molecular flexibility index (Phi) is 4.51. The molecule has 0 saturated carbocycles. The van der Waals surface area contributed by atoms with Crippen molar-refractivity contribution < 1.29 is 17.9 Å².